The molecular weight excluding hydrogens is 238 g/mol. The van der Waals surface area contributed by atoms with Gasteiger partial charge < -0.3 is 11.1 Å². The first-order valence-electron chi connectivity index (χ1n) is 4.95. The van der Waals surface area contributed by atoms with E-state index in [-0.39, 0.29) is 5.91 Å². The summed E-state index contributed by atoms with van der Waals surface area (Å²) in [6.45, 7) is 0. The van der Waals surface area contributed by atoms with Crippen molar-refractivity contribution in [3.8, 4) is 0 Å². The number of carbonyl (C=O) groups excluding carboxylic acids is 1. The van der Waals surface area contributed by atoms with E-state index in [1.54, 1.807) is 42.6 Å². The van der Waals surface area contributed by atoms with Crippen molar-refractivity contribution < 1.29 is 4.79 Å². The van der Waals surface area contributed by atoms with Crippen LogP contribution in [0, 0.1) is 0 Å². The predicted octanol–water partition coefficient (Wildman–Crippen LogP) is 2.57. The highest BCUT2D eigenvalue weighted by Crippen LogP contribution is 2.18. The monoisotopic (exact) mass is 247 g/mol. The van der Waals surface area contributed by atoms with Crippen molar-refractivity contribution >= 4 is 29.0 Å². The number of nitrogens with zero attached hydrogens (tertiary/aromatic N) is 1. The molecule has 2 aromatic rings. The number of carbonyl (C=O) groups is 1. The largest absolute Gasteiger partial charge is 0.396 e. The number of amides is 1. The lowest BCUT2D eigenvalue weighted by molar-refractivity contribution is 0.102. The SMILES string of the molecule is Nc1cccnc1NC(=O)c1ccccc1Cl. The lowest BCUT2D eigenvalue weighted by atomic mass is 10.2. The number of anilines is 2. The molecule has 1 aromatic carbocycles. The normalized spacial score (nSPS) is 9.94. The molecule has 0 unspecified atom stereocenters. The van der Waals surface area contributed by atoms with E-state index in [9.17, 15) is 4.79 Å². The smallest absolute Gasteiger partial charge is 0.258 e. The van der Waals surface area contributed by atoms with Gasteiger partial charge in [0, 0.05) is 6.20 Å². The Morgan fingerprint density at radius 2 is 2.00 bits per heavy atom. The lowest BCUT2D eigenvalue weighted by Crippen LogP contribution is -2.14. The number of nitrogens with one attached hydrogen (secondary N) is 1. The number of aromatic nitrogens is 1. The molecule has 4 nitrogen and oxygen atoms in total. The molecule has 1 aromatic heterocycles. The van der Waals surface area contributed by atoms with Crippen molar-refractivity contribution in [2.75, 3.05) is 11.1 Å². The highest BCUT2D eigenvalue weighted by atomic mass is 35.5. The molecule has 0 radical (unpaired) electrons. The van der Waals surface area contributed by atoms with Crippen LogP contribution in [0.5, 0.6) is 0 Å². The number of hydrogen-bond donors (Lipinski definition) is 2. The second kappa shape index (κ2) is 4.84. The zero-order valence-electron chi connectivity index (χ0n) is 8.85. The fraction of sp³-hybridized carbons (Fsp3) is 0. The molecule has 1 heterocycles. The van der Waals surface area contributed by atoms with Gasteiger partial charge in [-0.25, -0.2) is 4.98 Å². The summed E-state index contributed by atoms with van der Waals surface area (Å²) in [6, 6.07) is 10.1. The molecule has 0 saturated heterocycles. The fourth-order valence-electron chi connectivity index (χ4n) is 1.34. The second-order valence-electron chi connectivity index (χ2n) is 3.38. The third-order valence-electron chi connectivity index (χ3n) is 2.19. The molecule has 5 heteroatoms. The maximum atomic E-state index is 11.9. The van der Waals surface area contributed by atoms with Crippen LogP contribution in [0.1, 0.15) is 10.4 Å². The van der Waals surface area contributed by atoms with E-state index >= 15 is 0 Å². The van der Waals surface area contributed by atoms with Gasteiger partial charge >= 0.3 is 0 Å². The van der Waals surface area contributed by atoms with Gasteiger partial charge in [-0.3, -0.25) is 4.79 Å². The molecule has 0 atom stereocenters. The third-order valence-corrected chi connectivity index (χ3v) is 2.52. The molecule has 1 amide bonds. The molecule has 0 fully saturated rings. The summed E-state index contributed by atoms with van der Waals surface area (Å²) in [4.78, 5) is 15.9. The van der Waals surface area contributed by atoms with E-state index in [1.807, 2.05) is 0 Å². The van der Waals surface area contributed by atoms with E-state index in [4.69, 9.17) is 17.3 Å². The maximum Gasteiger partial charge on any atom is 0.258 e. The van der Waals surface area contributed by atoms with Crippen LogP contribution in [0.3, 0.4) is 0 Å². The minimum absolute atomic E-state index is 0.331. The summed E-state index contributed by atoms with van der Waals surface area (Å²) >= 11 is 5.91. The van der Waals surface area contributed by atoms with Gasteiger partial charge in [-0.1, -0.05) is 23.7 Å². The topological polar surface area (TPSA) is 68.0 Å². The average Bonchev–Trinajstić information content (AvgIpc) is 2.32. The number of hydrogen-bond acceptors (Lipinski definition) is 3. The maximum absolute atomic E-state index is 11.9. The Kier molecular flexibility index (Phi) is 3.25. The van der Waals surface area contributed by atoms with Crippen LogP contribution in [-0.2, 0) is 0 Å². The van der Waals surface area contributed by atoms with Crippen molar-refractivity contribution in [1.82, 2.24) is 4.98 Å². The highest BCUT2D eigenvalue weighted by Gasteiger charge is 2.11. The molecule has 2 rings (SSSR count). The number of nitrogen functional groups attached to an aromatic ring is 1. The second-order valence-corrected chi connectivity index (χ2v) is 3.78. The molecule has 0 aliphatic carbocycles. The molecule has 17 heavy (non-hydrogen) atoms. The Labute approximate surface area is 103 Å². The van der Waals surface area contributed by atoms with Gasteiger partial charge in [0.1, 0.15) is 0 Å². The minimum Gasteiger partial charge on any atom is -0.396 e. The Bertz CT molecular complexity index is 557. The zero-order valence-corrected chi connectivity index (χ0v) is 9.61. The Balaban J connectivity index is 2.24. The van der Waals surface area contributed by atoms with Crippen LogP contribution in [0.4, 0.5) is 11.5 Å². The van der Waals surface area contributed by atoms with Crippen molar-refractivity contribution in [3.05, 3.63) is 53.2 Å². The predicted molar refractivity (Wildman–Crippen MR) is 68.1 cm³/mol. The van der Waals surface area contributed by atoms with Crippen LogP contribution >= 0.6 is 11.6 Å². The Hall–Kier alpha value is -2.07. The van der Waals surface area contributed by atoms with Gasteiger partial charge in [-0.15, -0.1) is 0 Å². The summed E-state index contributed by atoms with van der Waals surface area (Å²) in [5.41, 5.74) is 6.47. The summed E-state index contributed by atoms with van der Waals surface area (Å²) in [6.07, 6.45) is 1.55. The Morgan fingerprint density at radius 3 is 2.71 bits per heavy atom. The molecule has 0 bridgehead atoms. The van der Waals surface area contributed by atoms with Gasteiger partial charge in [-0.05, 0) is 24.3 Å². The van der Waals surface area contributed by atoms with Gasteiger partial charge in [-0.2, -0.15) is 0 Å². The van der Waals surface area contributed by atoms with Gasteiger partial charge in [0.25, 0.3) is 5.91 Å². The van der Waals surface area contributed by atoms with Crippen molar-refractivity contribution in [2.45, 2.75) is 0 Å². The molecular formula is C12H10ClN3O. The average molecular weight is 248 g/mol. The van der Waals surface area contributed by atoms with E-state index in [1.165, 1.54) is 0 Å². The van der Waals surface area contributed by atoms with Crippen molar-refractivity contribution in [3.63, 3.8) is 0 Å². The van der Waals surface area contributed by atoms with Gasteiger partial charge in [0.2, 0.25) is 0 Å². The van der Waals surface area contributed by atoms with Gasteiger partial charge in [0.05, 0.1) is 16.3 Å². The summed E-state index contributed by atoms with van der Waals surface area (Å²) < 4.78 is 0. The fourth-order valence-corrected chi connectivity index (χ4v) is 1.56. The Morgan fingerprint density at radius 1 is 1.24 bits per heavy atom. The molecule has 86 valence electrons. The van der Waals surface area contributed by atoms with Crippen LogP contribution in [-0.4, -0.2) is 10.9 Å². The minimum atomic E-state index is -0.332. The van der Waals surface area contributed by atoms with Crippen LogP contribution in [0.2, 0.25) is 5.02 Å². The van der Waals surface area contributed by atoms with E-state index in [0.29, 0.717) is 22.1 Å². The van der Waals surface area contributed by atoms with Crippen LogP contribution in [0.15, 0.2) is 42.6 Å². The quantitative estimate of drug-likeness (QED) is 0.857. The number of benzene rings is 1. The zero-order chi connectivity index (χ0) is 12.3. The van der Waals surface area contributed by atoms with Crippen molar-refractivity contribution in [2.24, 2.45) is 0 Å². The van der Waals surface area contributed by atoms with Crippen LogP contribution in [0.25, 0.3) is 0 Å². The summed E-state index contributed by atoms with van der Waals surface area (Å²) in [5, 5.41) is 3.00. The first kappa shape index (κ1) is 11.4. The molecule has 0 saturated carbocycles. The number of halogens is 1. The van der Waals surface area contributed by atoms with Gasteiger partial charge in [0.15, 0.2) is 5.82 Å². The molecule has 0 aliphatic rings. The first-order valence-corrected chi connectivity index (χ1v) is 5.32. The summed E-state index contributed by atoms with van der Waals surface area (Å²) in [5.74, 6) is -0.00146. The molecule has 0 aliphatic heterocycles. The molecule has 0 spiro atoms. The van der Waals surface area contributed by atoms with E-state index in [0.717, 1.165) is 0 Å². The van der Waals surface area contributed by atoms with E-state index in [2.05, 4.69) is 10.3 Å². The lowest BCUT2D eigenvalue weighted by Gasteiger charge is -2.07. The number of nitrogens with two attached hydrogens (primary N) is 1. The summed E-state index contributed by atoms with van der Waals surface area (Å²) in [7, 11) is 0. The van der Waals surface area contributed by atoms with Crippen LogP contribution < -0.4 is 11.1 Å². The van der Waals surface area contributed by atoms with E-state index < -0.39 is 0 Å². The standard InChI is InChI=1S/C12H10ClN3O/c13-9-5-2-1-4-8(9)12(17)16-11-10(14)6-3-7-15-11/h1-7H,14H2,(H,15,16,17). The number of rotatable bonds is 2. The highest BCUT2D eigenvalue weighted by molar-refractivity contribution is 6.34. The third kappa shape index (κ3) is 2.54. The number of pyridine rings is 1. The molecule has 3 N–H and O–H groups in total. The van der Waals surface area contributed by atoms with Crippen molar-refractivity contribution in [1.29, 1.82) is 0 Å². The first-order chi connectivity index (χ1) is 8.18.